The van der Waals surface area contributed by atoms with Crippen LogP contribution in [0.25, 0.3) is 77.9 Å². The summed E-state index contributed by atoms with van der Waals surface area (Å²) in [5, 5.41) is 10.2. The highest BCUT2D eigenvalue weighted by atomic mass is 16.3. The molecule has 1 nitrogen and oxygen atoms in total. The summed E-state index contributed by atoms with van der Waals surface area (Å²) < 4.78 is 6.14. The zero-order chi connectivity index (χ0) is 24.3. The van der Waals surface area contributed by atoms with E-state index in [1.54, 1.807) is 0 Å². The van der Waals surface area contributed by atoms with Gasteiger partial charge in [-0.25, -0.2) is 0 Å². The molecule has 0 fully saturated rings. The highest BCUT2D eigenvalue weighted by Gasteiger charge is 2.17. The first-order chi connectivity index (χ1) is 18.3. The smallest absolute Gasteiger partial charge is 0.135 e. The minimum atomic E-state index is 0.937. The van der Waals surface area contributed by atoms with Crippen molar-refractivity contribution in [2.75, 3.05) is 0 Å². The van der Waals surface area contributed by atoms with Crippen molar-refractivity contribution in [3.8, 4) is 22.3 Å². The summed E-state index contributed by atoms with van der Waals surface area (Å²) in [5.74, 6) is 0. The Morgan fingerprint density at radius 3 is 1.76 bits per heavy atom. The largest absolute Gasteiger partial charge is 0.456 e. The number of rotatable bonds is 2. The molecule has 1 aliphatic rings. The zero-order valence-corrected chi connectivity index (χ0v) is 20.4. The predicted octanol–water partition coefficient (Wildman–Crippen LogP) is 8.58. The van der Waals surface area contributed by atoms with Crippen LogP contribution in [0.5, 0.6) is 0 Å². The predicted molar refractivity (Wildman–Crippen MR) is 157 cm³/mol. The van der Waals surface area contributed by atoms with Gasteiger partial charge in [0.1, 0.15) is 11.2 Å². The molecule has 1 heterocycles. The lowest BCUT2D eigenvalue weighted by molar-refractivity contribution is 0.669. The molecule has 6 aromatic carbocycles. The lowest BCUT2D eigenvalue weighted by Gasteiger charge is -2.18. The van der Waals surface area contributed by atoms with E-state index >= 15 is 0 Å². The van der Waals surface area contributed by atoms with Crippen LogP contribution in [-0.4, -0.2) is 0 Å². The first kappa shape index (κ1) is 20.6. The standard InChI is InChI=1S/C36H24O/c1-2-10-24-21-25(18-17-23(24)9-1)35-28-12-3-5-14-30(28)36(31-15-6-4-13-29(31)35)26-19-20-34-32(22-26)27-11-7-8-16-33(27)37-34/h1-3,5,7-22H,4,6H2. The van der Waals surface area contributed by atoms with Gasteiger partial charge < -0.3 is 4.42 Å². The molecular weight excluding hydrogens is 448 g/mol. The normalized spacial score (nSPS) is 13.1. The van der Waals surface area contributed by atoms with Crippen molar-refractivity contribution in [2.24, 2.45) is 0 Å². The van der Waals surface area contributed by atoms with Gasteiger partial charge >= 0.3 is 0 Å². The van der Waals surface area contributed by atoms with E-state index in [1.165, 1.54) is 65.0 Å². The maximum absolute atomic E-state index is 6.14. The van der Waals surface area contributed by atoms with Gasteiger partial charge in [0.15, 0.2) is 0 Å². The molecule has 1 aliphatic carbocycles. The SMILES string of the molecule is C1=c2c(-c3ccc4ccccc4c3)c3ccccc3c(-c3ccc4oc5ccccc5c4c3)c2=CCC1. The second-order valence-corrected chi connectivity index (χ2v) is 9.98. The minimum Gasteiger partial charge on any atom is -0.456 e. The summed E-state index contributed by atoms with van der Waals surface area (Å²) in [7, 11) is 0. The molecule has 1 heteroatoms. The summed E-state index contributed by atoms with van der Waals surface area (Å²) >= 11 is 0. The van der Waals surface area contributed by atoms with E-state index in [0.717, 1.165) is 24.0 Å². The lowest BCUT2D eigenvalue weighted by Crippen LogP contribution is -2.31. The van der Waals surface area contributed by atoms with Crippen molar-refractivity contribution in [2.45, 2.75) is 12.8 Å². The van der Waals surface area contributed by atoms with Gasteiger partial charge in [0.05, 0.1) is 0 Å². The number of benzene rings is 6. The van der Waals surface area contributed by atoms with Crippen LogP contribution in [0.15, 0.2) is 114 Å². The van der Waals surface area contributed by atoms with Gasteiger partial charge in [-0.05, 0) is 91.3 Å². The maximum Gasteiger partial charge on any atom is 0.135 e. The molecule has 37 heavy (non-hydrogen) atoms. The molecule has 0 aliphatic heterocycles. The van der Waals surface area contributed by atoms with Gasteiger partial charge in [0.25, 0.3) is 0 Å². The van der Waals surface area contributed by atoms with E-state index in [4.69, 9.17) is 4.42 Å². The second kappa shape index (κ2) is 7.94. The van der Waals surface area contributed by atoms with Crippen molar-refractivity contribution < 1.29 is 4.42 Å². The van der Waals surface area contributed by atoms with Crippen molar-refractivity contribution >= 4 is 55.6 Å². The van der Waals surface area contributed by atoms with Crippen LogP contribution < -0.4 is 10.4 Å². The summed E-state index contributed by atoms with van der Waals surface area (Å²) in [5.41, 5.74) is 7.05. The molecule has 174 valence electrons. The fraction of sp³-hybridized carbons (Fsp3) is 0.0556. The average molecular weight is 473 g/mol. The van der Waals surface area contributed by atoms with E-state index < -0.39 is 0 Å². The molecule has 0 saturated heterocycles. The van der Waals surface area contributed by atoms with E-state index in [0.29, 0.717) is 0 Å². The lowest BCUT2D eigenvalue weighted by atomic mass is 9.85. The quantitative estimate of drug-likeness (QED) is 0.246. The Kier molecular flexibility index (Phi) is 4.41. The monoisotopic (exact) mass is 472 g/mol. The van der Waals surface area contributed by atoms with Crippen LogP contribution in [0.2, 0.25) is 0 Å². The average Bonchev–Trinajstić information content (AvgIpc) is 3.33. The third kappa shape index (κ3) is 3.11. The van der Waals surface area contributed by atoms with Crippen LogP contribution >= 0.6 is 0 Å². The fourth-order valence-electron chi connectivity index (χ4n) is 6.21. The van der Waals surface area contributed by atoms with Gasteiger partial charge in [0.2, 0.25) is 0 Å². The Morgan fingerprint density at radius 1 is 0.432 bits per heavy atom. The summed E-state index contributed by atoms with van der Waals surface area (Å²) in [6.45, 7) is 0. The molecule has 0 saturated carbocycles. The highest BCUT2D eigenvalue weighted by Crippen LogP contribution is 2.36. The number of hydrogen-bond donors (Lipinski definition) is 0. The van der Waals surface area contributed by atoms with Gasteiger partial charge in [-0.1, -0.05) is 97.1 Å². The Labute approximate surface area is 214 Å². The van der Waals surface area contributed by atoms with Gasteiger partial charge in [-0.3, -0.25) is 0 Å². The van der Waals surface area contributed by atoms with Crippen molar-refractivity contribution in [1.82, 2.24) is 0 Å². The number of furan rings is 1. The second-order valence-electron chi connectivity index (χ2n) is 9.98. The van der Waals surface area contributed by atoms with Gasteiger partial charge in [0, 0.05) is 10.8 Å². The molecule has 0 N–H and O–H groups in total. The number of hydrogen-bond acceptors (Lipinski definition) is 1. The third-order valence-electron chi connectivity index (χ3n) is 7.86. The highest BCUT2D eigenvalue weighted by molar-refractivity contribution is 6.10. The van der Waals surface area contributed by atoms with E-state index in [-0.39, 0.29) is 0 Å². The Hall–Kier alpha value is -4.62. The molecule has 0 unspecified atom stereocenters. The Morgan fingerprint density at radius 2 is 1.00 bits per heavy atom. The summed E-state index contributed by atoms with van der Waals surface area (Å²) in [4.78, 5) is 0. The molecule has 0 spiro atoms. The van der Waals surface area contributed by atoms with Crippen molar-refractivity contribution in [1.29, 1.82) is 0 Å². The Bertz CT molecular complexity index is 2140. The van der Waals surface area contributed by atoms with Crippen LogP contribution in [0.3, 0.4) is 0 Å². The van der Waals surface area contributed by atoms with Crippen molar-refractivity contribution in [3.63, 3.8) is 0 Å². The molecule has 0 amide bonds. The van der Waals surface area contributed by atoms with Crippen LogP contribution in [0.4, 0.5) is 0 Å². The van der Waals surface area contributed by atoms with Crippen LogP contribution in [-0.2, 0) is 0 Å². The summed E-state index contributed by atoms with van der Waals surface area (Å²) in [6.07, 6.45) is 7.02. The molecular formula is C36H24O. The van der Waals surface area contributed by atoms with Gasteiger partial charge in [-0.15, -0.1) is 0 Å². The van der Waals surface area contributed by atoms with E-state index in [9.17, 15) is 0 Å². The molecule has 8 rings (SSSR count). The fourth-order valence-corrected chi connectivity index (χ4v) is 6.21. The first-order valence-electron chi connectivity index (χ1n) is 13.0. The number of para-hydroxylation sites is 1. The van der Waals surface area contributed by atoms with E-state index in [1.807, 2.05) is 12.1 Å². The first-order valence-corrected chi connectivity index (χ1v) is 13.0. The van der Waals surface area contributed by atoms with Crippen LogP contribution in [0.1, 0.15) is 12.8 Å². The molecule has 0 bridgehead atoms. The molecule has 1 aromatic heterocycles. The zero-order valence-electron chi connectivity index (χ0n) is 20.4. The molecule has 7 aromatic rings. The number of fused-ring (bicyclic) bond motifs is 6. The van der Waals surface area contributed by atoms with Crippen molar-refractivity contribution in [3.05, 3.63) is 120 Å². The minimum absolute atomic E-state index is 0.937. The third-order valence-corrected chi connectivity index (χ3v) is 7.86. The molecule has 0 radical (unpaired) electrons. The van der Waals surface area contributed by atoms with Gasteiger partial charge in [-0.2, -0.15) is 0 Å². The molecule has 0 atom stereocenters. The maximum atomic E-state index is 6.14. The van der Waals surface area contributed by atoms with Crippen LogP contribution in [0, 0.1) is 0 Å². The summed E-state index contributed by atoms with van der Waals surface area (Å²) in [6, 6.07) is 39.4. The Balaban J connectivity index is 1.48. The van der Waals surface area contributed by atoms with E-state index in [2.05, 4.69) is 109 Å². The topological polar surface area (TPSA) is 13.1 Å².